The lowest BCUT2D eigenvalue weighted by molar-refractivity contribution is -0.142. The van der Waals surface area contributed by atoms with Crippen LogP contribution in [-0.4, -0.2) is 42.1 Å². The van der Waals surface area contributed by atoms with Crippen LogP contribution < -0.4 is 4.74 Å². The monoisotopic (exact) mass is 265 g/mol. The van der Waals surface area contributed by atoms with Crippen LogP contribution in [0.4, 0.5) is 0 Å². The normalized spacial score (nSPS) is 11.7. The Hall–Kier alpha value is -2.04. The van der Waals surface area contributed by atoms with Crippen LogP contribution in [0.5, 0.6) is 5.75 Å². The standard InChI is InChI=1S/C14H19NO4/c1-11(14(17)18)10-15(2)13(16)8-9-19-12-6-4-3-5-7-12/h3-7,11H,8-10H2,1-2H3,(H,17,18). The highest BCUT2D eigenvalue weighted by Crippen LogP contribution is 2.09. The van der Waals surface area contributed by atoms with Crippen LogP contribution in [0.3, 0.4) is 0 Å². The molecule has 1 aromatic carbocycles. The van der Waals surface area contributed by atoms with E-state index in [1.807, 2.05) is 30.3 Å². The molecule has 0 aliphatic carbocycles. The summed E-state index contributed by atoms with van der Waals surface area (Å²) in [7, 11) is 1.60. The van der Waals surface area contributed by atoms with Crippen molar-refractivity contribution in [3.63, 3.8) is 0 Å². The van der Waals surface area contributed by atoms with E-state index in [0.717, 1.165) is 5.75 Å². The molecule has 0 saturated heterocycles. The molecule has 5 heteroatoms. The second-order valence-corrected chi connectivity index (χ2v) is 4.43. The summed E-state index contributed by atoms with van der Waals surface area (Å²) >= 11 is 0. The van der Waals surface area contributed by atoms with Gasteiger partial charge >= 0.3 is 5.97 Å². The van der Waals surface area contributed by atoms with E-state index in [4.69, 9.17) is 9.84 Å². The van der Waals surface area contributed by atoms with Crippen LogP contribution in [0.1, 0.15) is 13.3 Å². The van der Waals surface area contributed by atoms with Gasteiger partial charge in [-0.1, -0.05) is 25.1 Å². The summed E-state index contributed by atoms with van der Waals surface area (Å²) in [4.78, 5) is 23.9. The van der Waals surface area contributed by atoms with Crippen LogP contribution in [0.2, 0.25) is 0 Å². The third-order valence-electron chi connectivity index (χ3n) is 2.72. The maximum absolute atomic E-state index is 11.7. The van der Waals surface area contributed by atoms with Crippen molar-refractivity contribution in [2.75, 3.05) is 20.2 Å². The van der Waals surface area contributed by atoms with Gasteiger partial charge in [0.15, 0.2) is 0 Å². The van der Waals surface area contributed by atoms with Gasteiger partial charge in [-0.25, -0.2) is 0 Å². The lowest BCUT2D eigenvalue weighted by Crippen LogP contribution is -2.34. The highest BCUT2D eigenvalue weighted by molar-refractivity contribution is 5.77. The molecule has 1 atom stereocenters. The van der Waals surface area contributed by atoms with Crippen LogP contribution >= 0.6 is 0 Å². The zero-order valence-electron chi connectivity index (χ0n) is 11.2. The molecule has 1 aromatic rings. The van der Waals surface area contributed by atoms with E-state index < -0.39 is 11.9 Å². The number of para-hydroxylation sites is 1. The molecular formula is C14H19NO4. The summed E-state index contributed by atoms with van der Waals surface area (Å²) in [5.74, 6) is -0.870. The number of carboxylic acids is 1. The molecule has 0 heterocycles. The van der Waals surface area contributed by atoms with E-state index >= 15 is 0 Å². The van der Waals surface area contributed by atoms with Gasteiger partial charge in [0.05, 0.1) is 18.9 Å². The molecule has 0 aromatic heterocycles. The first-order valence-corrected chi connectivity index (χ1v) is 6.15. The second kappa shape index (κ2) is 7.41. The van der Waals surface area contributed by atoms with Gasteiger partial charge in [-0.3, -0.25) is 9.59 Å². The molecule has 1 amide bonds. The Kier molecular flexibility index (Phi) is 5.85. The Bertz CT molecular complexity index is 419. The van der Waals surface area contributed by atoms with Crippen molar-refractivity contribution in [3.8, 4) is 5.75 Å². The number of rotatable bonds is 7. The van der Waals surface area contributed by atoms with Crippen LogP contribution in [0.15, 0.2) is 30.3 Å². The van der Waals surface area contributed by atoms with E-state index in [-0.39, 0.29) is 25.5 Å². The Labute approximate surface area is 112 Å². The van der Waals surface area contributed by atoms with Gasteiger partial charge in [-0.05, 0) is 12.1 Å². The number of nitrogens with zero attached hydrogens (tertiary/aromatic N) is 1. The van der Waals surface area contributed by atoms with Crippen molar-refractivity contribution in [1.29, 1.82) is 0 Å². The van der Waals surface area contributed by atoms with E-state index in [9.17, 15) is 9.59 Å². The highest BCUT2D eigenvalue weighted by Gasteiger charge is 2.17. The van der Waals surface area contributed by atoms with Crippen molar-refractivity contribution < 1.29 is 19.4 Å². The fourth-order valence-electron chi connectivity index (χ4n) is 1.55. The fourth-order valence-corrected chi connectivity index (χ4v) is 1.55. The molecule has 0 spiro atoms. The molecule has 1 rings (SSSR count). The zero-order valence-corrected chi connectivity index (χ0v) is 11.2. The number of carboxylic acid groups (broad SMARTS) is 1. The number of carbonyl (C=O) groups is 2. The Morgan fingerprint density at radius 1 is 1.32 bits per heavy atom. The summed E-state index contributed by atoms with van der Waals surface area (Å²) in [6, 6.07) is 9.25. The van der Waals surface area contributed by atoms with Crippen LogP contribution in [0, 0.1) is 5.92 Å². The molecule has 1 N–H and O–H groups in total. The minimum atomic E-state index is -0.903. The number of amides is 1. The number of hydrogen-bond acceptors (Lipinski definition) is 3. The lowest BCUT2D eigenvalue weighted by Gasteiger charge is -2.19. The van der Waals surface area contributed by atoms with Gasteiger partial charge < -0.3 is 14.7 Å². The summed E-state index contributed by atoms with van der Waals surface area (Å²) < 4.78 is 5.42. The first-order valence-electron chi connectivity index (χ1n) is 6.15. The summed E-state index contributed by atoms with van der Waals surface area (Å²) in [5.41, 5.74) is 0. The third kappa shape index (κ3) is 5.42. The van der Waals surface area contributed by atoms with Crippen LogP contribution in [-0.2, 0) is 9.59 Å². The molecule has 0 aliphatic rings. The molecule has 0 fully saturated rings. The maximum atomic E-state index is 11.7. The molecule has 0 saturated carbocycles. The van der Waals surface area contributed by atoms with Gasteiger partial charge in [0.25, 0.3) is 0 Å². The Balaban J connectivity index is 2.29. The van der Waals surface area contributed by atoms with E-state index in [1.165, 1.54) is 4.90 Å². The molecule has 5 nitrogen and oxygen atoms in total. The van der Waals surface area contributed by atoms with Gasteiger partial charge in [0.1, 0.15) is 5.75 Å². The minimum absolute atomic E-state index is 0.121. The molecule has 19 heavy (non-hydrogen) atoms. The van der Waals surface area contributed by atoms with Gasteiger partial charge in [-0.2, -0.15) is 0 Å². The predicted molar refractivity (Wildman–Crippen MR) is 71.0 cm³/mol. The van der Waals surface area contributed by atoms with Crippen molar-refractivity contribution in [1.82, 2.24) is 4.90 Å². The quantitative estimate of drug-likeness (QED) is 0.813. The summed E-state index contributed by atoms with van der Waals surface area (Å²) in [6.07, 6.45) is 0.234. The summed E-state index contributed by atoms with van der Waals surface area (Å²) in [6.45, 7) is 2.07. The molecule has 104 valence electrons. The number of aliphatic carboxylic acids is 1. The molecule has 1 unspecified atom stereocenters. The third-order valence-corrected chi connectivity index (χ3v) is 2.72. The summed E-state index contributed by atoms with van der Waals surface area (Å²) in [5, 5.41) is 8.77. The Morgan fingerprint density at radius 3 is 2.53 bits per heavy atom. The van der Waals surface area contributed by atoms with Crippen LogP contribution in [0.25, 0.3) is 0 Å². The predicted octanol–water partition coefficient (Wildman–Crippen LogP) is 1.63. The van der Waals surface area contributed by atoms with Gasteiger partial charge in [0.2, 0.25) is 5.91 Å². The highest BCUT2D eigenvalue weighted by atomic mass is 16.5. The second-order valence-electron chi connectivity index (χ2n) is 4.43. The van der Waals surface area contributed by atoms with E-state index in [0.29, 0.717) is 0 Å². The SMILES string of the molecule is CC(CN(C)C(=O)CCOc1ccccc1)C(=O)O. The largest absolute Gasteiger partial charge is 0.493 e. The molecule has 0 radical (unpaired) electrons. The Morgan fingerprint density at radius 2 is 1.95 bits per heavy atom. The fraction of sp³-hybridized carbons (Fsp3) is 0.429. The first kappa shape index (κ1) is 15.0. The number of ether oxygens (including phenoxy) is 1. The number of benzene rings is 1. The van der Waals surface area contributed by atoms with Crippen molar-refractivity contribution in [2.45, 2.75) is 13.3 Å². The van der Waals surface area contributed by atoms with Gasteiger partial charge in [-0.15, -0.1) is 0 Å². The molecule has 0 bridgehead atoms. The number of carbonyl (C=O) groups excluding carboxylic acids is 1. The zero-order chi connectivity index (χ0) is 14.3. The van der Waals surface area contributed by atoms with E-state index in [2.05, 4.69) is 0 Å². The van der Waals surface area contributed by atoms with Crippen molar-refractivity contribution in [2.24, 2.45) is 5.92 Å². The van der Waals surface area contributed by atoms with Crippen molar-refractivity contribution in [3.05, 3.63) is 30.3 Å². The smallest absolute Gasteiger partial charge is 0.308 e. The van der Waals surface area contributed by atoms with Gasteiger partial charge in [0, 0.05) is 13.6 Å². The topological polar surface area (TPSA) is 66.8 Å². The maximum Gasteiger partial charge on any atom is 0.308 e. The molecular weight excluding hydrogens is 246 g/mol. The lowest BCUT2D eigenvalue weighted by atomic mass is 10.2. The minimum Gasteiger partial charge on any atom is -0.493 e. The first-order chi connectivity index (χ1) is 9.00. The average Bonchev–Trinajstić information content (AvgIpc) is 2.39. The average molecular weight is 265 g/mol. The van der Waals surface area contributed by atoms with Crippen molar-refractivity contribution >= 4 is 11.9 Å². The van der Waals surface area contributed by atoms with E-state index in [1.54, 1.807) is 14.0 Å². The molecule has 0 aliphatic heterocycles. The number of hydrogen-bond donors (Lipinski definition) is 1.